The van der Waals surface area contributed by atoms with Crippen LogP contribution in [0.25, 0.3) is 0 Å². The third-order valence-corrected chi connectivity index (χ3v) is 2.02. The summed E-state index contributed by atoms with van der Waals surface area (Å²) < 4.78 is 3.75. The lowest BCUT2D eigenvalue weighted by atomic mass is 10.4. The van der Waals surface area contributed by atoms with Gasteiger partial charge in [-0.3, -0.25) is 0 Å². The lowest BCUT2D eigenvalue weighted by Gasteiger charge is -2.03. The molecule has 6 heteroatoms. The molecule has 0 atom stereocenters. The molecule has 0 aromatic carbocycles. The molecule has 0 bridgehead atoms. The fourth-order valence-electron chi connectivity index (χ4n) is 1.32. The van der Waals surface area contributed by atoms with E-state index in [0.29, 0.717) is 12.4 Å². The van der Waals surface area contributed by atoms with Gasteiger partial charge in [0.2, 0.25) is 0 Å². The number of hydrogen-bond donors (Lipinski definition) is 1. The lowest BCUT2D eigenvalue weighted by Crippen LogP contribution is -2.06. The van der Waals surface area contributed by atoms with E-state index in [1.807, 2.05) is 6.20 Å². The van der Waals surface area contributed by atoms with Gasteiger partial charge in [0.25, 0.3) is 0 Å². The molecule has 2 heterocycles. The molecular formula is C8H12N6. The van der Waals surface area contributed by atoms with Crippen molar-refractivity contribution in [3.05, 3.63) is 24.4 Å². The predicted octanol–water partition coefficient (Wildman–Crippen LogP) is 0.125. The van der Waals surface area contributed by atoms with Gasteiger partial charge < -0.3 is 10.3 Å². The van der Waals surface area contributed by atoms with E-state index in [1.54, 1.807) is 17.2 Å². The van der Waals surface area contributed by atoms with E-state index >= 15 is 0 Å². The maximum atomic E-state index is 5.46. The van der Waals surface area contributed by atoms with Gasteiger partial charge >= 0.3 is 0 Å². The summed E-state index contributed by atoms with van der Waals surface area (Å²) in [6.07, 6.45) is 5.32. The van der Waals surface area contributed by atoms with Crippen molar-refractivity contribution in [2.24, 2.45) is 0 Å². The summed E-state index contributed by atoms with van der Waals surface area (Å²) in [5.74, 6) is 0.438. The van der Waals surface area contributed by atoms with Crippen molar-refractivity contribution in [2.75, 3.05) is 5.73 Å². The van der Waals surface area contributed by atoms with E-state index in [2.05, 4.69) is 26.8 Å². The standard InChI is InChI=1S/C8H12N6/c1-2-13-6-10-3-7(13)4-14-5-8(9)11-12-14/h3,5-6H,2,4,9H2,1H3. The largest absolute Gasteiger partial charge is 0.381 e. The van der Waals surface area contributed by atoms with Crippen LogP contribution in [0.4, 0.5) is 5.82 Å². The van der Waals surface area contributed by atoms with E-state index in [1.165, 1.54) is 0 Å². The normalized spacial score (nSPS) is 10.6. The van der Waals surface area contributed by atoms with Gasteiger partial charge in [-0.15, -0.1) is 5.10 Å². The number of imidazole rings is 1. The van der Waals surface area contributed by atoms with Gasteiger partial charge in [0.1, 0.15) is 0 Å². The summed E-state index contributed by atoms with van der Waals surface area (Å²) in [4.78, 5) is 4.07. The van der Waals surface area contributed by atoms with E-state index in [9.17, 15) is 0 Å². The number of anilines is 1. The Bertz CT molecular complexity index is 415. The Balaban J connectivity index is 2.18. The number of nitrogens with zero attached hydrogens (tertiary/aromatic N) is 5. The Morgan fingerprint density at radius 1 is 1.50 bits per heavy atom. The first-order chi connectivity index (χ1) is 6.79. The van der Waals surface area contributed by atoms with Gasteiger partial charge in [-0.2, -0.15) is 0 Å². The maximum Gasteiger partial charge on any atom is 0.165 e. The third kappa shape index (κ3) is 1.59. The number of nitrogens with two attached hydrogens (primary N) is 1. The second-order valence-electron chi connectivity index (χ2n) is 3.01. The summed E-state index contributed by atoms with van der Waals surface area (Å²) in [7, 11) is 0. The third-order valence-electron chi connectivity index (χ3n) is 2.02. The lowest BCUT2D eigenvalue weighted by molar-refractivity contribution is 0.602. The highest BCUT2D eigenvalue weighted by molar-refractivity contribution is 5.20. The van der Waals surface area contributed by atoms with E-state index in [4.69, 9.17) is 5.73 Å². The number of nitrogen functional groups attached to an aromatic ring is 1. The topological polar surface area (TPSA) is 74.5 Å². The van der Waals surface area contributed by atoms with Gasteiger partial charge in [0.15, 0.2) is 5.82 Å². The fourth-order valence-corrected chi connectivity index (χ4v) is 1.32. The number of aryl methyl sites for hydroxylation is 1. The van der Waals surface area contributed by atoms with Crippen molar-refractivity contribution in [3.8, 4) is 0 Å². The smallest absolute Gasteiger partial charge is 0.165 e. The van der Waals surface area contributed by atoms with Crippen LogP contribution in [0.15, 0.2) is 18.7 Å². The molecule has 0 fully saturated rings. The Morgan fingerprint density at radius 3 is 3.00 bits per heavy atom. The molecule has 0 unspecified atom stereocenters. The molecule has 14 heavy (non-hydrogen) atoms. The van der Waals surface area contributed by atoms with Gasteiger partial charge in [0, 0.05) is 6.54 Å². The second kappa shape index (κ2) is 3.49. The minimum absolute atomic E-state index is 0.438. The van der Waals surface area contributed by atoms with Gasteiger partial charge in [-0.05, 0) is 6.92 Å². The fraction of sp³-hybridized carbons (Fsp3) is 0.375. The Labute approximate surface area is 81.4 Å². The van der Waals surface area contributed by atoms with Crippen LogP contribution in [0.3, 0.4) is 0 Å². The molecule has 0 radical (unpaired) electrons. The number of hydrogen-bond acceptors (Lipinski definition) is 4. The van der Waals surface area contributed by atoms with E-state index < -0.39 is 0 Å². The molecular weight excluding hydrogens is 180 g/mol. The van der Waals surface area contributed by atoms with Crippen molar-refractivity contribution in [3.63, 3.8) is 0 Å². The molecule has 0 saturated heterocycles. The quantitative estimate of drug-likeness (QED) is 0.749. The molecule has 74 valence electrons. The zero-order valence-electron chi connectivity index (χ0n) is 7.96. The summed E-state index contributed by atoms with van der Waals surface area (Å²) in [5, 5.41) is 7.58. The summed E-state index contributed by atoms with van der Waals surface area (Å²) >= 11 is 0. The van der Waals surface area contributed by atoms with Crippen molar-refractivity contribution >= 4 is 5.82 Å². The molecule has 2 rings (SSSR count). The predicted molar refractivity (Wildman–Crippen MR) is 51.4 cm³/mol. The monoisotopic (exact) mass is 192 g/mol. The zero-order valence-corrected chi connectivity index (χ0v) is 7.96. The van der Waals surface area contributed by atoms with Crippen LogP contribution in [0.2, 0.25) is 0 Å². The molecule has 2 aromatic rings. The van der Waals surface area contributed by atoms with Crippen LogP contribution >= 0.6 is 0 Å². The maximum absolute atomic E-state index is 5.46. The first-order valence-corrected chi connectivity index (χ1v) is 4.44. The van der Waals surface area contributed by atoms with Crippen LogP contribution in [-0.4, -0.2) is 24.5 Å². The van der Waals surface area contributed by atoms with Gasteiger partial charge in [-0.25, -0.2) is 9.67 Å². The number of aromatic nitrogens is 5. The highest BCUT2D eigenvalue weighted by Crippen LogP contribution is 2.02. The van der Waals surface area contributed by atoms with Crippen LogP contribution in [0.5, 0.6) is 0 Å². The second-order valence-corrected chi connectivity index (χ2v) is 3.01. The first kappa shape index (κ1) is 8.74. The van der Waals surface area contributed by atoms with E-state index in [-0.39, 0.29) is 0 Å². The molecule has 0 aliphatic rings. The molecule has 0 amide bonds. The molecule has 0 aliphatic heterocycles. The van der Waals surface area contributed by atoms with Crippen molar-refractivity contribution < 1.29 is 0 Å². The highest BCUT2D eigenvalue weighted by Gasteiger charge is 2.02. The summed E-state index contributed by atoms with van der Waals surface area (Å²) in [6, 6.07) is 0. The zero-order chi connectivity index (χ0) is 9.97. The molecule has 2 aromatic heterocycles. The average Bonchev–Trinajstić information content (AvgIpc) is 2.76. The van der Waals surface area contributed by atoms with Crippen LogP contribution in [0, 0.1) is 0 Å². The average molecular weight is 192 g/mol. The van der Waals surface area contributed by atoms with Gasteiger partial charge in [0.05, 0.1) is 31.0 Å². The Morgan fingerprint density at radius 2 is 2.36 bits per heavy atom. The molecule has 0 spiro atoms. The van der Waals surface area contributed by atoms with Crippen LogP contribution in [-0.2, 0) is 13.1 Å². The summed E-state index contributed by atoms with van der Waals surface area (Å²) in [5.41, 5.74) is 6.56. The van der Waals surface area contributed by atoms with Crippen molar-refractivity contribution in [2.45, 2.75) is 20.0 Å². The molecule has 0 saturated carbocycles. The van der Waals surface area contributed by atoms with Crippen molar-refractivity contribution in [1.29, 1.82) is 0 Å². The summed E-state index contributed by atoms with van der Waals surface area (Å²) in [6.45, 7) is 3.62. The Hall–Kier alpha value is -1.85. The van der Waals surface area contributed by atoms with Gasteiger partial charge in [-0.1, -0.05) is 5.21 Å². The van der Waals surface area contributed by atoms with Crippen LogP contribution in [0.1, 0.15) is 12.6 Å². The SMILES string of the molecule is CCn1cncc1Cn1cc(N)nn1. The minimum atomic E-state index is 0.438. The van der Waals surface area contributed by atoms with E-state index in [0.717, 1.165) is 12.2 Å². The minimum Gasteiger partial charge on any atom is -0.381 e. The molecule has 6 nitrogen and oxygen atoms in total. The first-order valence-electron chi connectivity index (χ1n) is 4.44. The number of rotatable bonds is 3. The van der Waals surface area contributed by atoms with Crippen LogP contribution < -0.4 is 5.73 Å². The highest BCUT2D eigenvalue weighted by atomic mass is 15.4. The Kier molecular flexibility index (Phi) is 2.18. The van der Waals surface area contributed by atoms with Crippen molar-refractivity contribution in [1.82, 2.24) is 24.5 Å². The molecule has 2 N–H and O–H groups in total. The molecule has 0 aliphatic carbocycles.